The second kappa shape index (κ2) is 11.3. The number of hydrogen-bond donors (Lipinski definition) is 1. The van der Waals surface area contributed by atoms with Crippen molar-refractivity contribution in [3.63, 3.8) is 0 Å². The molecule has 0 atom stereocenters. The van der Waals surface area contributed by atoms with Gasteiger partial charge in [-0.05, 0) is 52.1 Å². The molecule has 104 valence electrons. The summed E-state index contributed by atoms with van der Waals surface area (Å²) < 4.78 is 0. The van der Waals surface area contributed by atoms with E-state index in [9.17, 15) is 0 Å². The van der Waals surface area contributed by atoms with E-state index in [1.165, 1.54) is 37.1 Å². The van der Waals surface area contributed by atoms with Crippen LogP contribution in [0.1, 0.15) is 53.9 Å². The zero-order valence-corrected chi connectivity index (χ0v) is 12.9. The van der Waals surface area contributed by atoms with Gasteiger partial charge in [0.15, 0.2) is 0 Å². The standard InChI is InChI=1S/C9H12.C6H13N.C2H6/c1-8-4-3-5-9(2)7-6-8;1-6-2-4-7-5-3-6;1-2/h4-7H,3H2,1-2H3;6-7H,2-5H2,1H3;1-2H3. The summed E-state index contributed by atoms with van der Waals surface area (Å²) in [7, 11) is 0. The highest BCUT2D eigenvalue weighted by molar-refractivity contribution is 5.29. The molecule has 0 amide bonds. The zero-order chi connectivity index (χ0) is 13.8. The van der Waals surface area contributed by atoms with E-state index in [4.69, 9.17) is 0 Å². The van der Waals surface area contributed by atoms with Crippen molar-refractivity contribution in [1.29, 1.82) is 0 Å². The molecule has 0 aromatic heterocycles. The number of nitrogens with one attached hydrogen (secondary N) is 1. The molecule has 1 fully saturated rings. The lowest BCUT2D eigenvalue weighted by molar-refractivity contribution is 0.402. The second-order valence-corrected chi connectivity index (χ2v) is 4.90. The first-order valence-electron chi connectivity index (χ1n) is 7.41. The highest BCUT2D eigenvalue weighted by atomic mass is 14.9. The molecule has 0 aromatic carbocycles. The van der Waals surface area contributed by atoms with Gasteiger partial charge in [-0.3, -0.25) is 0 Å². The highest BCUT2D eigenvalue weighted by Crippen LogP contribution is 2.08. The van der Waals surface area contributed by atoms with Crippen molar-refractivity contribution < 1.29 is 0 Å². The van der Waals surface area contributed by atoms with Crippen molar-refractivity contribution >= 4 is 0 Å². The molecule has 2 aliphatic rings. The van der Waals surface area contributed by atoms with Crippen LogP contribution in [0, 0.1) is 5.92 Å². The molecule has 0 saturated carbocycles. The fraction of sp³-hybridized carbons (Fsp3) is 0.647. The maximum Gasteiger partial charge on any atom is -0.00464 e. The third-order valence-electron chi connectivity index (χ3n) is 3.12. The number of rotatable bonds is 0. The van der Waals surface area contributed by atoms with Crippen molar-refractivity contribution in [2.45, 2.75) is 53.9 Å². The predicted molar refractivity (Wildman–Crippen MR) is 83.9 cm³/mol. The van der Waals surface area contributed by atoms with E-state index in [1.54, 1.807) is 0 Å². The molecule has 1 saturated heterocycles. The van der Waals surface area contributed by atoms with Gasteiger partial charge in [0, 0.05) is 0 Å². The Bertz CT molecular complexity index is 258. The van der Waals surface area contributed by atoms with E-state index in [0.717, 1.165) is 12.3 Å². The molecule has 0 unspecified atom stereocenters. The van der Waals surface area contributed by atoms with Crippen LogP contribution in [-0.2, 0) is 0 Å². The van der Waals surface area contributed by atoms with Crippen LogP contribution in [0.15, 0.2) is 35.5 Å². The Kier molecular flexibility index (Phi) is 10.8. The molecule has 1 aliphatic heterocycles. The van der Waals surface area contributed by atoms with Crippen LogP contribution < -0.4 is 5.32 Å². The van der Waals surface area contributed by atoms with Crippen molar-refractivity contribution in [1.82, 2.24) is 5.32 Å². The minimum Gasteiger partial charge on any atom is -0.317 e. The van der Waals surface area contributed by atoms with Gasteiger partial charge in [0.05, 0.1) is 0 Å². The summed E-state index contributed by atoms with van der Waals surface area (Å²) in [5.74, 6) is 0.973. The molecule has 1 heterocycles. The van der Waals surface area contributed by atoms with Crippen LogP contribution >= 0.6 is 0 Å². The first kappa shape index (κ1) is 17.2. The van der Waals surface area contributed by atoms with Crippen molar-refractivity contribution in [2.75, 3.05) is 13.1 Å². The van der Waals surface area contributed by atoms with Crippen molar-refractivity contribution in [3.8, 4) is 0 Å². The third kappa shape index (κ3) is 9.23. The van der Waals surface area contributed by atoms with Gasteiger partial charge < -0.3 is 5.32 Å². The van der Waals surface area contributed by atoms with Crippen LogP contribution in [0.4, 0.5) is 0 Å². The van der Waals surface area contributed by atoms with Gasteiger partial charge in [-0.25, -0.2) is 0 Å². The van der Waals surface area contributed by atoms with Crippen LogP contribution in [0.3, 0.4) is 0 Å². The maximum absolute atomic E-state index is 3.32. The Labute approximate surface area is 114 Å². The van der Waals surface area contributed by atoms with Crippen LogP contribution in [0.5, 0.6) is 0 Å². The van der Waals surface area contributed by atoms with E-state index < -0.39 is 0 Å². The van der Waals surface area contributed by atoms with E-state index in [1.807, 2.05) is 13.8 Å². The summed E-state index contributed by atoms with van der Waals surface area (Å²) >= 11 is 0. The van der Waals surface area contributed by atoms with Gasteiger partial charge in [-0.15, -0.1) is 0 Å². The predicted octanol–water partition coefficient (Wildman–Crippen LogP) is 4.87. The highest BCUT2D eigenvalue weighted by Gasteiger charge is 2.05. The third-order valence-corrected chi connectivity index (χ3v) is 3.12. The molecule has 1 N–H and O–H groups in total. The summed E-state index contributed by atoms with van der Waals surface area (Å²) in [6.45, 7) is 13.1. The summed E-state index contributed by atoms with van der Waals surface area (Å²) in [5.41, 5.74) is 2.73. The Morgan fingerprint density at radius 2 is 1.39 bits per heavy atom. The molecule has 1 nitrogen and oxygen atoms in total. The number of allylic oxidation sites excluding steroid dienone is 6. The summed E-state index contributed by atoms with van der Waals surface area (Å²) in [5, 5.41) is 3.32. The van der Waals surface area contributed by atoms with Gasteiger partial charge in [0.1, 0.15) is 0 Å². The minimum atomic E-state index is 0.973. The summed E-state index contributed by atoms with van der Waals surface area (Å²) in [6.07, 6.45) is 12.6. The van der Waals surface area contributed by atoms with Gasteiger partial charge in [-0.1, -0.05) is 56.2 Å². The van der Waals surface area contributed by atoms with Gasteiger partial charge in [0.2, 0.25) is 0 Å². The Morgan fingerprint density at radius 3 is 1.72 bits per heavy atom. The molecule has 0 aromatic rings. The normalized spacial score (nSPS) is 19.4. The van der Waals surface area contributed by atoms with Crippen molar-refractivity contribution in [3.05, 3.63) is 35.5 Å². The molecule has 1 aliphatic carbocycles. The van der Waals surface area contributed by atoms with Gasteiger partial charge in [-0.2, -0.15) is 0 Å². The van der Waals surface area contributed by atoms with E-state index in [-0.39, 0.29) is 0 Å². The van der Waals surface area contributed by atoms with Crippen molar-refractivity contribution in [2.24, 2.45) is 5.92 Å². The molecular weight excluding hydrogens is 218 g/mol. The number of hydrogen-bond acceptors (Lipinski definition) is 1. The lowest BCUT2D eigenvalue weighted by Crippen LogP contribution is -2.26. The van der Waals surface area contributed by atoms with Crippen LogP contribution in [-0.4, -0.2) is 13.1 Å². The maximum atomic E-state index is 3.32. The zero-order valence-electron chi connectivity index (χ0n) is 12.9. The topological polar surface area (TPSA) is 12.0 Å². The molecule has 0 spiro atoms. The van der Waals surface area contributed by atoms with Crippen LogP contribution in [0.25, 0.3) is 0 Å². The first-order chi connectivity index (χ1) is 8.68. The molecule has 2 rings (SSSR count). The van der Waals surface area contributed by atoms with Crippen LogP contribution in [0.2, 0.25) is 0 Å². The Hall–Kier alpha value is -0.820. The van der Waals surface area contributed by atoms with E-state index >= 15 is 0 Å². The average molecular weight is 249 g/mol. The second-order valence-electron chi connectivity index (χ2n) is 4.90. The quantitative estimate of drug-likeness (QED) is 0.646. The van der Waals surface area contributed by atoms with E-state index in [2.05, 4.69) is 50.4 Å². The molecule has 1 heteroatoms. The largest absolute Gasteiger partial charge is 0.317 e. The smallest absolute Gasteiger partial charge is 0.00464 e. The minimum absolute atomic E-state index is 0.973. The molecule has 18 heavy (non-hydrogen) atoms. The first-order valence-corrected chi connectivity index (χ1v) is 7.41. The number of piperidine rings is 1. The Balaban J connectivity index is 0.000000289. The molecule has 0 bridgehead atoms. The molecular formula is C17H31N. The van der Waals surface area contributed by atoms with E-state index in [0.29, 0.717) is 0 Å². The average Bonchev–Trinajstić information content (AvgIpc) is 2.58. The summed E-state index contributed by atoms with van der Waals surface area (Å²) in [4.78, 5) is 0. The van der Waals surface area contributed by atoms with Gasteiger partial charge in [0.25, 0.3) is 0 Å². The lowest BCUT2D eigenvalue weighted by atomic mass is 10.0. The Morgan fingerprint density at radius 1 is 0.944 bits per heavy atom. The summed E-state index contributed by atoms with van der Waals surface area (Å²) in [6, 6.07) is 0. The van der Waals surface area contributed by atoms with Gasteiger partial charge >= 0.3 is 0 Å². The fourth-order valence-corrected chi connectivity index (χ4v) is 1.80. The molecule has 0 radical (unpaired) electrons. The monoisotopic (exact) mass is 249 g/mol. The SMILES string of the molecule is CC.CC1=CCC=C(C)C=C1.CC1CCNCC1. The lowest BCUT2D eigenvalue weighted by Gasteiger charge is -2.17. The fourth-order valence-electron chi connectivity index (χ4n) is 1.80.